The lowest BCUT2D eigenvalue weighted by Crippen LogP contribution is -2.28. The Balaban J connectivity index is 2.11. The zero-order valence-electron chi connectivity index (χ0n) is 19.6. The van der Waals surface area contributed by atoms with Crippen LogP contribution in [0.5, 0.6) is 11.5 Å². The molecular formula is C22H30N4O6S. The highest BCUT2D eigenvalue weighted by atomic mass is 32.2. The first kappa shape index (κ1) is 25.9. The third kappa shape index (κ3) is 6.83. The van der Waals surface area contributed by atoms with Crippen molar-refractivity contribution in [2.75, 3.05) is 59.1 Å². The van der Waals surface area contributed by atoms with Crippen LogP contribution in [0.3, 0.4) is 0 Å². The highest BCUT2D eigenvalue weighted by molar-refractivity contribution is 7.89. The van der Waals surface area contributed by atoms with Crippen LogP contribution in [0.1, 0.15) is 5.56 Å². The van der Waals surface area contributed by atoms with Crippen LogP contribution in [0.25, 0.3) is 0 Å². The molecule has 2 rings (SSSR count). The van der Waals surface area contributed by atoms with Gasteiger partial charge in [0.1, 0.15) is 16.4 Å². The van der Waals surface area contributed by atoms with E-state index < -0.39 is 15.9 Å². The molecule has 2 N–H and O–H groups in total. The van der Waals surface area contributed by atoms with E-state index in [0.717, 1.165) is 9.87 Å². The number of ether oxygens (including phenoxy) is 2. The number of aryl methyl sites for hydroxylation is 1. The van der Waals surface area contributed by atoms with Crippen LogP contribution < -0.4 is 20.1 Å². The Kier molecular flexibility index (Phi) is 8.66. The SMILES string of the molecule is COc1ccc(NC(=O)CNc2ccc(C)cc2OCC(=O)N(C)C)cc1S(=O)(=O)N(C)C. The molecule has 10 nitrogen and oxygen atoms in total. The van der Waals surface area contributed by atoms with Gasteiger partial charge in [-0.2, -0.15) is 0 Å². The van der Waals surface area contributed by atoms with Crippen LogP contribution >= 0.6 is 0 Å². The van der Waals surface area contributed by atoms with Crippen LogP contribution in [0.4, 0.5) is 11.4 Å². The summed E-state index contributed by atoms with van der Waals surface area (Å²) < 4.78 is 37.0. The molecule has 0 aliphatic rings. The zero-order chi connectivity index (χ0) is 24.8. The average Bonchev–Trinajstić information content (AvgIpc) is 2.76. The Labute approximate surface area is 194 Å². The molecule has 0 spiro atoms. The number of hydrogen-bond donors (Lipinski definition) is 2. The lowest BCUT2D eigenvalue weighted by molar-refractivity contribution is -0.130. The van der Waals surface area contributed by atoms with E-state index >= 15 is 0 Å². The van der Waals surface area contributed by atoms with Crippen molar-refractivity contribution in [3.63, 3.8) is 0 Å². The van der Waals surface area contributed by atoms with Crippen LogP contribution in [0.2, 0.25) is 0 Å². The molecule has 0 aliphatic heterocycles. The Bertz CT molecular complexity index is 1120. The number of nitrogens with zero attached hydrogens (tertiary/aromatic N) is 2. The fourth-order valence-corrected chi connectivity index (χ4v) is 3.77. The summed E-state index contributed by atoms with van der Waals surface area (Å²) in [5.74, 6) is 0.0304. The van der Waals surface area contributed by atoms with Crippen LogP contribution in [0.15, 0.2) is 41.3 Å². The zero-order valence-corrected chi connectivity index (χ0v) is 20.4. The van der Waals surface area contributed by atoms with Gasteiger partial charge in [0.2, 0.25) is 15.9 Å². The molecule has 180 valence electrons. The molecule has 0 fully saturated rings. The van der Waals surface area contributed by atoms with E-state index in [1.165, 1.54) is 38.2 Å². The lowest BCUT2D eigenvalue weighted by Gasteiger charge is -2.17. The fraction of sp³-hybridized carbons (Fsp3) is 0.364. The van der Waals surface area contributed by atoms with Gasteiger partial charge in [0, 0.05) is 33.9 Å². The van der Waals surface area contributed by atoms with E-state index in [1.54, 1.807) is 32.3 Å². The van der Waals surface area contributed by atoms with Crippen molar-refractivity contribution < 1.29 is 27.5 Å². The highest BCUT2D eigenvalue weighted by Crippen LogP contribution is 2.29. The Morgan fingerprint density at radius 1 is 1.00 bits per heavy atom. The van der Waals surface area contributed by atoms with Gasteiger partial charge in [-0.25, -0.2) is 12.7 Å². The monoisotopic (exact) mass is 478 g/mol. The van der Waals surface area contributed by atoms with Crippen molar-refractivity contribution in [2.45, 2.75) is 11.8 Å². The first-order valence-corrected chi connectivity index (χ1v) is 11.5. The minimum atomic E-state index is -3.77. The number of carbonyl (C=O) groups excluding carboxylic acids is 2. The Morgan fingerprint density at radius 3 is 2.30 bits per heavy atom. The maximum atomic E-state index is 12.6. The van der Waals surface area contributed by atoms with Crippen molar-refractivity contribution in [3.8, 4) is 11.5 Å². The summed E-state index contributed by atoms with van der Waals surface area (Å²) in [6.07, 6.45) is 0. The smallest absolute Gasteiger partial charge is 0.259 e. The van der Waals surface area contributed by atoms with Crippen molar-refractivity contribution in [2.24, 2.45) is 0 Å². The molecule has 0 saturated heterocycles. The number of hydrogen-bond acceptors (Lipinski definition) is 7. The fourth-order valence-electron chi connectivity index (χ4n) is 2.70. The van der Waals surface area contributed by atoms with E-state index in [4.69, 9.17) is 9.47 Å². The van der Waals surface area contributed by atoms with Crippen molar-refractivity contribution in [3.05, 3.63) is 42.0 Å². The first-order valence-electron chi connectivity index (χ1n) is 10.0. The van der Waals surface area contributed by atoms with Crippen molar-refractivity contribution in [1.82, 2.24) is 9.21 Å². The topological polar surface area (TPSA) is 117 Å². The highest BCUT2D eigenvalue weighted by Gasteiger charge is 2.23. The molecule has 0 unspecified atom stereocenters. The first-order chi connectivity index (χ1) is 15.4. The summed E-state index contributed by atoms with van der Waals surface area (Å²) in [6, 6.07) is 9.76. The third-order valence-electron chi connectivity index (χ3n) is 4.63. The third-order valence-corrected chi connectivity index (χ3v) is 6.47. The van der Waals surface area contributed by atoms with Gasteiger partial charge in [0.15, 0.2) is 6.61 Å². The standard InChI is InChI=1S/C22H30N4O6S/c1-15-7-9-17(19(11-15)32-14-22(28)25(2)3)23-13-21(27)24-16-8-10-18(31-6)20(12-16)33(29,30)26(4)5/h7-12,23H,13-14H2,1-6H3,(H,24,27). The molecule has 0 aliphatic carbocycles. The predicted molar refractivity (Wildman–Crippen MR) is 126 cm³/mol. The second-order valence-corrected chi connectivity index (χ2v) is 9.75. The van der Waals surface area contributed by atoms with Crippen molar-refractivity contribution in [1.29, 1.82) is 0 Å². The molecule has 0 radical (unpaired) electrons. The predicted octanol–water partition coefficient (Wildman–Crippen LogP) is 1.77. The second-order valence-electron chi connectivity index (χ2n) is 7.63. The number of sulfonamides is 1. The number of carbonyl (C=O) groups is 2. The van der Waals surface area contributed by atoms with Gasteiger partial charge in [-0.1, -0.05) is 6.07 Å². The summed E-state index contributed by atoms with van der Waals surface area (Å²) in [4.78, 5) is 25.7. The summed E-state index contributed by atoms with van der Waals surface area (Å²) in [5.41, 5.74) is 1.79. The van der Waals surface area contributed by atoms with E-state index in [-0.39, 0.29) is 29.7 Å². The average molecular weight is 479 g/mol. The maximum absolute atomic E-state index is 12.6. The molecule has 0 bridgehead atoms. The number of anilines is 2. The molecule has 2 aromatic rings. The molecular weight excluding hydrogens is 448 g/mol. The quantitative estimate of drug-likeness (QED) is 0.534. The van der Waals surface area contributed by atoms with Gasteiger partial charge in [-0.3, -0.25) is 9.59 Å². The molecule has 0 heterocycles. The minimum Gasteiger partial charge on any atom is -0.495 e. The number of amides is 2. The van der Waals surface area contributed by atoms with Crippen LogP contribution in [-0.4, -0.2) is 77.9 Å². The molecule has 11 heteroatoms. The minimum absolute atomic E-state index is 0.0551. The van der Waals surface area contributed by atoms with E-state index in [1.807, 2.05) is 13.0 Å². The van der Waals surface area contributed by atoms with Crippen LogP contribution in [-0.2, 0) is 19.6 Å². The van der Waals surface area contributed by atoms with Crippen LogP contribution in [0, 0.1) is 6.92 Å². The number of likely N-dealkylation sites (N-methyl/N-ethyl adjacent to an activating group) is 1. The number of nitrogens with one attached hydrogen (secondary N) is 2. The summed E-state index contributed by atoms with van der Waals surface area (Å²) in [7, 11) is 3.71. The molecule has 0 atom stereocenters. The normalized spacial score (nSPS) is 11.1. The van der Waals surface area contributed by atoms with Gasteiger partial charge >= 0.3 is 0 Å². The van der Waals surface area contributed by atoms with E-state index in [9.17, 15) is 18.0 Å². The second kappa shape index (κ2) is 11.0. The maximum Gasteiger partial charge on any atom is 0.259 e. The molecule has 2 amide bonds. The Morgan fingerprint density at radius 2 is 1.70 bits per heavy atom. The number of benzene rings is 2. The Hall–Kier alpha value is -3.31. The largest absolute Gasteiger partial charge is 0.495 e. The number of rotatable bonds is 10. The molecule has 2 aromatic carbocycles. The molecule has 0 aromatic heterocycles. The van der Waals surface area contributed by atoms with Crippen molar-refractivity contribution >= 4 is 33.2 Å². The summed E-state index contributed by atoms with van der Waals surface area (Å²) in [6.45, 7) is 1.65. The molecule has 33 heavy (non-hydrogen) atoms. The summed E-state index contributed by atoms with van der Waals surface area (Å²) in [5, 5.41) is 5.66. The van der Waals surface area contributed by atoms with Gasteiger partial charge in [0.05, 0.1) is 19.3 Å². The van der Waals surface area contributed by atoms with E-state index in [0.29, 0.717) is 17.1 Å². The summed E-state index contributed by atoms with van der Waals surface area (Å²) >= 11 is 0. The van der Waals surface area contributed by atoms with E-state index in [2.05, 4.69) is 10.6 Å². The van der Waals surface area contributed by atoms with Gasteiger partial charge in [-0.15, -0.1) is 0 Å². The van der Waals surface area contributed by atoms with Gasteiger partial charge in [0.25, 0.3) is 5.91 Å². The van der Waals surface area contributed by atoms with Gasteiger partial charge < -0.3 is 25.0 Å². The lowest BCUT2D eigenvalue weighted by atomic mass is 10.2. The van der Waals surface area contributed by atoms with Gasteiger partial charge in [-0.05, 0) is 42.8 Å². The molecule has 0 saturated carbocycles. The number of methoxy groups -OCH3 is 1.